The number of rotatable bonds is 5. The van der Waals surface area contributed by atoms with Gasteiger partial charge in [-0.2, -0.15) is 0 Å². The molecule has 0 aliphatic heterocycles. The second-order valence-electron chi connectivity index (χ2n) is 4.26. The lowest BCUT2D eigenvalue weighted by molar-refractivity contribution is -0.385. The Bertz CT molecular complexity index is 414. The standard InChI is InChI=1S/C11H14BrNO4/c1-11(2,14)6-7-17-9-5-3-4-8(10(9)12)13(15)16/h3-5,14H,6-7H2,1-2H3. The van der Waals surface area contributed by atoms with E-state index in [2.05, 4.69) is 15.9 Å². The molecule has 1 aromatic carbocycles. The molecule has 6 heteroatoms. The lowest BCUT2D eigenvalue weighted by Gasteiger charge is -2.17. The van der Waals surface area contributed by atoms with Gasteiger partial charge in [0.05, 0.1) is 17.1 Å². The molecule has 1 N–H and O–H groups in total. The summed E-state index contributed by atoms with van der Waals surface area (Å²) < 4.78 is 5.71. The second-order valence-corrected chi connectivity index (χ2v) is 5.05. The Labute approximate surface area is 108 Å². The average Bonchev–Trinajstić information content (AvgIpc) is 2.18. The SMILES string of the molecule is CC(C)(O)CCOc1cccc([N+](=O)[O-])c1Br. The van der Waals surface area contributed by atoms with E-state index in [4.69, 9.17) is 4.74 Å². The van der Waals surface area contributed by atoms with Gasteiger partial charge in [-0.25, -0.2) is 0 Å². The molecule has 0 bridgehead atoms. The number of hydrogen-bond donors (Lipinski definition) is 1. The highest BCUT2D eigenvalue weighted by molar-refractivity contribution is 9.10. The van der Waals surface area contributed by atoms with Crippen molar-refractivity contribution in [3.63, 3.8) is 0 Å². The van der Waals surface area contributed by atoms with Gasteiger partial charge in [0, 0.05) is 12.5 Å². The van der Waals surface area contributed by atoms with Gasteiger partial charge in [-0.15, -0.1) is 0 Å². The van der Waals surface area contributed by atoms with E-state index in [9.17, 15) is 15.2 Å². The number of benzene rings is 1. The maximum atomic E-state index is 10.7. The van der Waals surface area contributed by atoms with Gasteiger partial charge in [-0.1, -0.05) is 6.07 Å². The van der Waals surface area contributed by atoms with Gasteiger partial charge in [0.1, 0.15) is 10.2 Å². The minimum Gasteiger partial charge on any atom is -0.492 e. The predicted octanol–water partition coefficient (Wildman–Crippen LogP) is 2.90. The third kappa shape index (κ3) is 4.32. The fourth-order valence-electron chi connectivity index (χ4n) is 1.16. The Morgan fingerprint density at radius 3 is 2.71 bits per heavy atom. The van der Waals surface area contributed by atoms with Crippen molar-refractivity contribution in [1.29, 1.82) is 0 Å². The molecule has 0 amide bonds. The monoisotopic (exact) mass is 303 g/mol. The van der Waals surface area contributed by atoms with E-state index in [1.165, 1.54) is 6.07 Å². The lowest BCUT2D eigenvalue weighted by atomic mass is 10.1. The molecule has 0 saturated heterocycles. The van der Waals surface area contributed by atoms with E-state index in [1.54, 1.807) is 26.0 Å². The molecule has 0 fully saturated rings. The highest BCUT2D eigenvalue weighted by Gasteiger charge is 2.17. The van der Waals surface area contributed by atoms with Crippen LogP contribution >= 0.6 is 15.9 Å². The quantitative estimate of drug-likeness (QED) is 0.670. The molecule has 1 aromatic rings. The number of aliphatic hydroxyl groups is 1. The van der Waals surface area contributed by atoms with E-state index >= 15 is 0 Å². The summed E-state index contributed by atoms with van der Waals surface area (Å²) in [5.74, 6) is 0.406. The van der Waals surface area contributed by atoms with Crippen LogP contribution in [-0.2, 0) is 0 Å². The van der Waals surface area contributed by atoms with Crippen molar-refractivity contribution < 1.29 is 14.8 Å². The van der Waals surface area contributed by atoms with Crippen LogP contribution in [0.4, 0.5) is 5.69 Å². The molecule has 0 spiro atoms. The molecule has 0 heterocycles. The second kappa shape index (κ2) is 5.46. The predicted molar refractivity (Wildman–Crippen MR) is 67.2 cm³/mol. The van der Waals surface area contributed by atoms with Crippen LogP contribution in [0.5, 0.6) is 5.75 Å². The molecular weight excluding hydrogens is 290 g/mol. The molecule has 0 saturated carbocycles. The zero-order valence-corrected chi connectivity index (χ0v) is 11.2. The maximum absolute atomic E-state index is 10.7. The molecule has 0 unspecified atom stereocenters. The Kier molecular flexibility index (Phi) is 4.47. The fraction of sp³-hybridized carbons (Fsp3) is 0.455. The van der Waals surface area contributed by atoms with E-state index in [0.29, 0.717) is 23.2 Å². The highest BCUT2D eigenvalue weighted by Crippen LogP contribution is 2.33. The Balaban J connectivity index is 2.72. The molecule has 0 aliphatic rings. The number of ether oxygens (including phenoxy) is 1. The number of nitrogens with zero attached hydrogens (tertiary/aromatic N) is 1. The summed E-state index contributed by atoms with van der Waals surface area (Å²) in [5.41, 5.74) is -0.849. The molecule has 5 nitrogen and oxygen atoms in total. The van der Waals surface area contributed by atoms with Crippen molar-refractivity contribution in [3.8, 4) is 5.75 Å². The molecule has 0 aromatic heterocycles. The van der Waals surface area contributed by atoms with Crippen molar-refractivity contribution >= 4 is 21.6 Å². The highest BCUT2D eigenvalue weighted by atomic mass is 79.9. The molecule has 0 atom stereocenters. The largest absolute Gasteiger partial charge is 0.492 e. The minimum absolute atomic E-state index is 0.0363. The van der Waals surface area contributed by atoms with Crippen LogP contribution in [0.3, 0.4) is 0 Å². The molecule has 1 rings (SSSR count). The minimum atomic E-state index is -0.812. The topological polar surface area (TPSA) is 72.6 Å². The first kappa shape index (κ1) is 13.9. The summed E-state index contributed by atoms with van der Waals surface area (Å²) in [6.07, 6.45) is 0.447. The Morgan fingerprint density at radius 1 is 1.53 bits per heavy atom. The van der Waals surface area contributed by atoms with Gasteiger partial charge in [0.2, 0.25) is 0 Å². The summed E-state index contributed by atoms with van der Waals surface area (Å²) in [6, 6.07) is 4.59. The van der Waals surface area contributed by atoms with E-state index in [1.807, 2.05) is 0 Å². The summed E-state index contributed by atoms with van der Waals surface area (Å²) in [7, 11) is 0. The van der Waals surface area contributed by atoms with Crippen LogP contribution in [0.15, 0.2) is 22.7 Å². The normalized spacial score (nSPS) is 11.3. The van der Waals surface area contributed by atoms with Crippen LogP contribution in [-0.4, -0.2) is 22.2 Å². The first-order chi connectivity index (χ1) is 7.81. The number of hydrogen-bond acceptors (Lipinski definition) is 4. The zero-order valence-electron chi connectivity index (χ0n) is 9.64. The smallest absolute Gasteiger partial charge is 0.287 e. The van der Waals surface area contributed by atoms with Crippen LogP contribution in [0.1, 0.15) is 20.3 Å². The summed E-state index contributed by atoms with van der Waals surface area (Å²) in [6.45, 7) is 3.65. The van der Waals surface area contributed by atoms with Crippen molar-refractivity contribution in [3.05, 3.63) is 32.8 Å². The summed E-state index contributed by atoms with van der Waals surface area (Å²) >= 11 is 3.13. The first-order valence-electron chi connectivity index (χ1n) is 5.09. The number of nitro groups is 1. The van der Waals surface area contributed by atoms with E-state index in [0.717, 1.165) is 0 Å². The average molecular weight is 304 g/mol. The Morgan fingerprint density at radius 2 is 2.18 bits per heavy atom. The van der Waals surface area contributed by atoms with Crippen LogP contribution in [0.25, 0.3) is 0 Å². The van der Waals surface area contributed by atoms with Crippen LogP contribution in [0, 0.1) is 10.1 Å². The summed E-state index contributed by atoms with van der Waals surface area (Å²) in [5, 5.41) is 20.2. The van der Waals surface area contributed by atoms with Crippen LogP contribution in [0.2, 0.25) is 0 Å². The van der Waals surface area contributed by atoms with Crippen molar-refractivity contribution in [1.82, 2.24) is 0 Å². The third-order valence-electron chi connectivity index (χ3n) is 2.11. The van der Waals surface area contributed by atoms with Gasteiger partial charge in [0.15, 0.2) is 0 Å². The molecular formula is C11H14BrNO4. The zero-order chi connectivity index (χ0) is 13.1. The van der Waals surface area contributed by atoms with Gasteiger partial charge in [-0.05, 0) is 35.8 Å². The Hall–Kier alpha value is -1.14. The van der Waals surface area contributed by atoms with Crippen molar-refractivity contribution in [2.75, 3.05) is 6.61 Å². The van der Waals surface area contributed by atoms with E-state index < -0.39 is 10.5 Å². The lowest BCUT2D eigenvalue weighted by Crippen LogP contribution is -2.21. The number of halogens is 1. The molecule has 94 valence electrons. The molecule has 17 heavy (non-hydrogen) atoms. The maximum Gasteiger partial charge on any atom is 0.287 e. The van der Waals surface area contributed by atoms with Crippen molar-refractivity contribution in [2.24, 2.45) is 0 Å². The van der Waals surface area contributed by atoms with Crippen molar-refractivity contribution in [2.45, 2.75) is 25.9 Å². The van der Waals surface area contributed by atoms with Crippen LogP contribution < -0.4 is 4.74 Å². The van der Waals surface area contributed by atoms with Gasteiger partial charge >= 0.3 is 0 Å². The first-order valence-corrected chi connectivity index (χ1v) is 5.88. The van der Waals surface area contributed by atoms with Gasteiger partial charge in [-0.3, -0.25) is 10.1 Å². The van der Waals surface area contributed by atoms with Gasteiger partial charge < -0.3 is 9.84 Å². The molecule has 0 aliphatic carbocycles. The fourth-order valence-corrected chi connectivity index (χ4v) is 1.69. The summed E-state index contributed by atoms with van der Waals surface area (Å²) in [4.78, 5) is 10.2. The van der Waals surface area contributed by atoms with Gasteiger partial charge in [0.25, 0.3) is 5.69 Å². The third-order valence-corrected chi connectivity index (χ3v) is 2.91. The number of nitro benzene ring substituents is 1. The van der Waals surface area contributed by atoms with E-state index in [-0.39, 0.29) is 5.69 Å². The molecule has 0 radical (unpaired) electrons.